The van der Waals surface area contributed by atoms with Gasteiger partial charge in [0.2, 0.25) is 11.9 Å². The number of rotatable bonds is 5. The SMILES string of the molecule is C[C@@H](Nc1nccc(-c2c(-c3ccc(F)cc3)nc3occn23)n1)C(N)=O. The summed E-state index contributed by atoms with van der Waals surface area (Å²) >= 11 is 0. The van der Waals surface area contributed by atoms with Crippen LogP contribution in [0.25, 0.3) is 28.5 Å². The molecule has 0 bridgehead atoms. The number of carbonyl (C=O) groups excluding carboxylic acids is 1. The summed E-state index contributed by atoms with van der Waals surface area (Å²) in [6, 6.07) is 7.08. The Kier molecular flexibility index (Phi) is 4.03. The van der Waals surface area contributed by atoms with Gasteiger partial charge in [0.15, 0.2) is 0 Å². The summed E-state index contributed by atoms with van der Waals surface area (Å²) in [4.78, 5) is 24.3. The average Bonchev–Trinajstić information content (AvgIpc) is 3.23. The van der Waals surface area contributed by atoms with Gasteiger partial charge in [0.1, 0.15) is 29.5 Å². The largest absolute Gasteiger partial charge is 0.432 e. The molecule has 0 aliphatic carbocycles. The van der Waals surface area contributed by atoms with E-state index in [4.69, 9.17) is 10.2 Å². The number of oxazole rings is 1. The average molecular weight is 366 g/mol. The van der Waals surface area contributed by atoms with Gasteiger partial charge in [-0.05, 0) is 37.3 Å². The van der Waals surface area contributed by atoms with E-state index in [0.29, 0.717) is 28.5 Å². The van der Waals surface area contributed by atoms with Crippen molar-refractivity contribution in [1.82, 2.24) is 19.4 Å². The first-order valence-corrected chi connectivity index (χ1v) is 8.13. The number of fused-ring (bicyclic) bond motifs is 1. The third kappa shape index (κ3) is 3.10. The molecule has 1 amide bonds. The highest BCUT2D eigenvalue weighted by Crippen LogP contribution is 2.32. The molecule has 4 aromatic rings. The van der Waals surface area contributed by atoms with Crippen molar-refractivity contribution in [2.75, 3.05) is 5.32 Å². The normalized spacial score (nSPS) is 12.2. The van der Waals surface area contributed by atoms with Gasteiger partial charge < -0.3 is 15.5 Å². The maximum atomic E-state index is 13.3. The Labute approximate surface area is 152 Å². The molecule has 0 fully saturated rings. The third-order valence-electron chi connectivity index (χ3n) is 4.05. The molecule has 136 valence electrons. The number of amides is 1. The Hall–Kier alpha value is -3.75. The number of halogens is 1. The van der Waals surface area contributed by atoms with Crippen LogP contribution in [0.3, 0.4) is 0 Å². The van der Waals surface area contributed by atoms with Gasteiger partial charge in [0, 0.05) is 18.0 Å². The molecule has 1 atom stereocenters. The number of carbonyl (C=O) groups is 1. The summed E-state index contributed by atoms with van der Waals surface area (Å²) in [6.45, 7) is 1.62. The summed E-state index contributed by atoms with van der Waals surface area (Å²) in [5.74, 6) is -0.222. The molecular formula is C18H15FN6O2. The molecule has 0 saturated heterocycles. The second kappa shape index (κ2) is 6.52. The van der Waals surface area contributed by atoms with E-state index in [1.165, 1.54) is 18.4 Å². The Morgan fingerprint density at radius 2 is 2.04 bits per heavy atom. The summed E-state index contributed by atoms with van der Waals surface area (Å²) in [7, 11) is 0. The molecule has 8 nitrogen and oxygen atoms in total. The highest BCUT2D eigenvalue weighted by atomic mass is 19.1. The van der Waals surface area contributed by atoms with Crippen molar-refractivity contribution < 1.29 is 13.6 Å². The van der Waals surface area contributed by atoms with Gasteiger partial charge in [-0.3, -0.25) is 9.20 Å². The summed E-state index contributed by atoms with van der Waals surface area (Å²) in [6.07, 6.45) is 4.79. The van der Waals surface area contributed by atoms with Crippen LogP contribution in [0.1, 0.15) is 6.92 Å². The monoisotopic (exact) mass is 366 g/mol. The van der Waals surface area contributed by atoms with Gasteiger partial charge in [0.05, 0.1) is 5.69 Å². The molecule has 4 rings (SSSR count). The van der Waals surface area contributed by atoms with E-state index in [1.54, 1.807) is 41.9 Å². The minimum Gasteiger partial charge on any atom is -0.432 e. The van der Waals surface area contributed by atoms with E-state index in [9.17, 15) is 9.18 Å². The Morgan fingerprint density at radius 3 is 2.78 bits per heavy atom. The number of primary amides is 1. The molecule has 0 radical (unpaired) electrons. The second-order valence-corrected chi connectivity index (χ2v) is 5.91. The summed E-state index contributed by atoms with van der Waals surface area (Å²) in [5.41, 5.74) is 7.78. The fourth-order valence-corrected chi connectivity index (χ4v) is 2.66. The molecule has 0 unspecified atom stereocenters. The molecule has 3 aromatic heterocycles. The quantitative estimate of drug-likeness (QED) is 0.561. The van der Waals surface area contributed by atoms with Crippen molar-refractivity contribution in [3.63, 3.8) is 0 Å². The van der Waals surface area contributed by atoms with Crippen molar-refractivity contribution in [3.05, 3.63) is 54.8 Å². The number of anilines is 1. The van der Waals surface area contributed by atoms with Crippen LogP contribution in [0.15, 0.2) is 53.4 Å². The highest BCUT2D eigenvalue weighted by Gasteiger charge is 2.20. The predicted molar refractivity (Wildman–Crippen MR) is 96.2 cm³/mol. The fourth-order valence-electron chi connectivity index (χ4n) is 2.66. The first-order valence-electron chi connectivity index (χ1n) is 8.13. The highest BCUT2D eigenvalue weighted by molar-refractivity contribution is 5.82. The van der Waals surface area contributed by atoms with Gasteiger partial charge in [-0.15, -0.1) is 0 Å². The third-order valence-corrected chi connectivity index (χ3v) is 4.05. The molecular weight excluding hydrogens is 351 g/mol. The molecule has 0 aliphatic heterocycles. The van der Waals surface area contributed by atoms with Crippen molar-refractivity contribution >= 4 is 17.7 Å². The number of nitrogens with one attached hydrogen (secondary N) is 1. The van der Waals surface area contributed by atoms with Crippen molar-refractivity contribution in [2.24, 2.45) is 5.73 Å². The molecule has 3 N–H and O–H groups in total. The molecule has 0 spiro atoms. The minimum absolute atomic E-state index is 0.252. The van der Waals surface area contributed by atoms with E-state index in [2.05, 4.69) is 20.3 Å². The van der Waals surface area contributed by atoms with Gasteiger partial charge in [-0.25, -0.2) is 14.4 Å². The Balaban J connectivity index is 1.83. The second-order valence-electron chi connectivity index (χ2n) is 5.91. The van der Waals surface area contributed by atoms with Crippen LogP contribution in [-0.2, 0) is 4.79 Å². The molecule has 9 heteroatoms. The lowest BCUT2D eigenvalue weighted by molar-refractivity contribution is -0.118. The van der Waals surface area contributed by atoms with Crippen molar-refractivity contribution in [2.45, 2.75) is 13.0 Å². The van der Waals surface area contributed by atoms with Gasteiger partial charge in [-0.1, -0.05) is 0 Å². The predicted octanol–water partition coefficient (Wildman–Crippen LogP) is 2.48. The van der Waals surface area contributed by atoms with Crippen LogP contribution in [0.2, 0.25) is 0 Å². The maximum Gasteiger partial charge on any atom is 0.306 e. The van der Waals surface area contributed by atoms with Gasteiger partial charge in [0.25, 0.3) is 0 Å². The van der Waals surface area contributed by atoms with Crippen LogP contribution in [0, 0.1) is 5.82 Å². The number of hydrogen-bond acceptors (Lipinski definition) is 6. The first-order chi connectivity index (χ1) is 13.0. The van der Waals surface area contributed by atoms with E-state index in [1.807, 2.05) is 0 Å². The maximum absolute atomic E-state index is 13.3. The zero-order valence-electron chi connectivity index (χ0n) is 14.3. The van der Waals surface area contributed by atoms with E-state index in [0.717, 1.165) is 0 Å². The van der Waals surface area contributed by atoms with Crippen LogP contribution < -0.4 is 11.1 Å². The summed E-state index contributed by atoms with van der Waals surface area (Å²) < 4.78 is 20.4. The van der Waals surface area contributed by atoms with Crippen molar-refractivity contribution in [3.8, 4) is 22.6 Å². The number of benzene rings is 1. The fraction of sp³-hybridized carbons (Fsp3) is 0.111. The Bertz CT molecular complexity index is 1120. The first kappa shape index (κ1) is 16.7. The van der Waals surface area contributed by atoms with Gasteiger partial charge >= 0.3 is 5.84 Å². The standard InChI is InChI=1S/C18H15FN6O2/c1-10(16(20)26)22-17-21-7-6-13(23-17)15-14(11-2-4-12(19)5-3-11)24-18-25(15)8-9-27-18/h2-10H,1H3,(H2,20,26)(H,21,22,23)/t10-/m1/s1. The Morgan fingerprint density at radius 1 is 1.26 bits per heavy atom. The minimum atomic E-state index is -0.629. The number of nitrogens with zero attached hydrogens (tertiary/aromatic N) is 4. The smallest absolute Gasteiger partial charge is 0.306 e. The van der Waals surface area contributed by atoms with Crippen LogP contribution in [0.4, 0.5) is 10.3 Å². The number of hydrogen-bond donors (Lipinski definition) is 2. The van der Waals surface area contributed by atoms with E-state index >= 15 is 0 Å². The lowest BCUT2D eigenvalue weighted by Gasteiger charge is -2.11. The number of aromatic nitrogens is 4. The molecule has 0 aliphatic rings. The van der Waals surface area contributed by atoms with Crippen LogP contribution in [-0.4, -0.2) is 31.3 Å². The molecule has 1 aromatic carbocycles. The van der Waals surface area contributed by atoms with Crippen LogP contribution in [0.5, 0.6) is 0 Å². The molecule has 3 heterocycles. The molecule has 27 heavy (non-hydrogen) atoms. The zero-order chi connectivity index (χ0) is 19.0. The van der Waals surface area contributed by atoms with Crippen molar-refractivity contribution in [1.29, 1.82) is 0 Å². The zero-order valence-corrected chi connectivity index (χ0v) is 14.3. The van der Waals surface area contributed by atoms with E-state index in [-0.39, 0.29) is 11.8 Å². The number of imidazole rings is 1. The lowest BCUT2D eigenvalue weighted by atomic mass is 10.1. The van der Waals surface area contributed by atoms with E-state index < -0.39 is 11.9 Å². The summed E-state index contributed by atoms with van der Waals surface area (Å²) in [5, 5.41) is 2.85. The number of nitrogens with two attached hydrogens (primary N) is 1. The van der Waals surface area contributed by atoms with Gasteiger partial charge in [-0.2, -0.15) is 4.98 Å². The molecule has 0 saturated carbocycles. The van der Waals surface area contributed by atoms with Crippen LogP contribution >= 0.6 is 0 Å². The lowest BCUT2D eigenvalue weighted by Crippen LogP contribution is -2.33. The topological polar surface area (TPSA) is 111 Å².